The predicted octanol–water partition coefficient (Wildman–Crippen LogP) is 2.14. The van der Waals surface area contributed by atoms with Crippen molar-refractivity contribution in [3.63, 3.8) is 0 Å². The van der Waals surface area contributed by atoms with Crippen LogP contribution in [0.25, 0.3) is 0 Å². The van der Waals surface area contributed by atoms with Crippen molar-refractivity contribution in [2.24, 2.45) is 0 Å². The highest BCUT2D eigenvalue weighted by Crippen LogP contribution is 2.28. The van der Waals surface area contributed by atoms with Crippen LogP contribution in [-0.2, 0) is 13.8 Å². The topological polar surface area (TPSA) is 72.5 Å². The first-order valence-corrected chi connectivity index (χ1v) is 8.79. The molecule has 0 saturated carbocycles. The number of carbonyl (C=O) groups excluding carboxylic acids is 1. The van der Waals surface area contributed by atoms with Gasteiger partial charge in [-0.15, -0.1) is 11.3 Å². The van der Waals surface area contributed by atoms with Crippen LogP contribution in [0.15, 0.2) is 11.0 Å². The highest BCUT2D eigenvalue weighted by atomic mass is 35.7. The number of halogens is 1. The van der Waals surface area contributed by atoms with Gasteiger partial charge in [-0.05, 0) is 26.8 Å². The van der Waals surface area contributed by atoms with Crippen LogP contribution in [0.3, 0.4) is 0 Å². The van der Waals surface area contributed by atoms with Crippen molar-refractivity contribution < 1.29 is 17.9 Å². The molecule has 0 aliphatic heterocycles. The lowest BCUT2D eigenvalue weighted by molar-refractivity contribution is 0.0748. The van der Waals surface area contributed by atoms with Gasteiger partial charge in [0.15, 0.2) is 0 Å². The van der Waals surface area contributed by atoms with E-state index >= 15 is 0 Å². The highest BCUT2D eigenvalue weighted by molar-refractivity contribution is 8.13. The smallest absolute Gasteiger partial charge is 0.262 e. The van der Waals surface area contributed by atoms with Crippen molar-refractivity contribution >= 4 is 37.0 Å². The maximum Gasteiger partial charge on any atom is 0.262 e. The fraction of sp³-hybridized carbons (Fsp3) is 0.545. The van der Waals surface area contributed by atoms with Gasteiger partial charge >= 0.3 is 0 Å². The zero-order valence-corrected chi connectivity index (χ0v) is 13.3. The summed E-state index contributed by atoms with van der Waals surface area (Å²) in [5.41, 5.74) is 0. The fourth-order valence-corrected chi connectivity index (χ4v) is 3.95. The van der Waals surface area contributed by atoms with E-state index in [1.165, 1.54) is 6.07 Å². The van der Waals surface area contributed by atoms with Gasteiger partial charge in [-0.2, -0.15) is 0 Å². The van der Waals surface area contributed by atoms with Crippen LogP contribution in [0.1, 0.15) is 28.4 Å². The van der Waals surface area contributed by atoms with E-state index in [9.17, 15) is 13.2 Å². The molecule has 0 atom stereocenters. The molecule has 1 amide bonds. The van der Waals surface area contributed by atoms with E-state index < -0.39 is 9.05 Å². The summed E-state index contributed by atoms with van der Waals surface area (Å²) in [7, 11) is 1.47. The van der Waals surface area contributed by atoms with Crippen molar-refractivity contribution in [3.8, 4) is 0 Å². The van der Waals surface area contributed by atoms with Crippen LogP contribution in [0.2, 0.25) is 0 Å². The summed E-state index contributed by atoms with van der Waals surface area (Å²) in [6.07, 6.45) is 0.105. The van der Waals surface area contributed by atoms with Gasteiger partial charge in [0, 0.05) is 22.1 Å². The molecule has 0 aliphatic rings. The summed E-state index contributed by atoms with van der Waals surface area (Å²) < 4.78 is 27.8. The van der Waals surface area contributed by atoms with Crippen LogP contribution in [0.4, 0.5) is 0 Å². The largest absolute Gasteiger partial charge is 0.377 e. The van der Waals surface area contributed by atoms with Crippen LogP contribution >= 0.6 is 22.0 Å². The number of hydrogen-bond acceptors (Lipinski definition) is 5. The molecule has 1 N–H and O–H groups in total. The van der Waals surface area contributed by atoms with Gasteiger partial charge in [-0.25, -0.2) is 8.42 Å². The molecule has 1 rings (SSSR count). The first kappa shape index (κ1) is 16.4. The van der Waals surface area contributed by atoms with E-state index in [1.54, 1.807) is 6.92 Å². The normalized spacial score (nSPS) is 11.8. The molecule has 0 bridgehead atoms. The molecule has 8 heteroatoms. The molecule has 108 valence electrons. The fourth-order valence-electron chi connectivity index (χ4n) is 1.37. The van der Waals surface area contributed by atoms with E-state index in [0.717, 1.165) is 11.3 Å². The zero-order chi connectivity index (χ0) is 14.6. The molecular formula is C11H16ClNO4S2. The SMILES string of the molecule is Cc1sc(C(=O)NCCOC(C)C)cc1S(=O)(=O)Cl. The van der Waals surface area contributed by atoms with E-state index in [1.807, 2.05) is 13.8 Å². The zero-order valence-electron chi connectivity index (χ0n) is 10.9. The minimum absolute atomic E-state index is 0.0113. The number of nitrogens with one attached hydrogen (secondary N) is 1. The third-order valence-corrected chi connectivity index (χ3v) is 4.82. The summed E-state index contributed by atoms with van der Waals surface area (Å²) in [5.74, 6) is -0.327. The second-order valence-electron chi connectivity index (χ2n) is 4.14. The Morgan fingerprint density at radius 2 is 2.16 bits per heavy atom. The summed E-state index contributed by atoms with van der Waals surface area (Å²) >= 11 is 1.10. The Morgan fingerprint density at radius 1 is 1.53 bits per heavy atom. The van der Waals surface area contributed by atoms with Crippen molar-refractivity contribution in [1.82, 2.24) is 5.32 Å². The summed E-state index contributed by atoms with van der Waals surface area (Å²) in [6, 6.07) is 1.29. The number of aryl methyl sites for hydroxylation is 1. The van der Waals surface area contributed by atoms with Gasteiger partial charge in [0.05, 0.1) is 22.5 Å². The molecule has 1 heterocycles. The van der Waals surface area contributed by atoms with Crippen molar-refractivity contribution in [1.29, 1.82) is 0 Å². The maximum absolute atomic E-state index is 11.8. The second kappa shape index (κ2) is 6.69. The predicted molar refractivity (Wildman–Crippen MR) is 75.5 cm³/mol. The van der Waals surface area contributed by atoms with E-state index in [2.05, 4.69) is 5.32 Å². The number of hydrogen-bond donors (Lipinski definition) is 1. The molecule has 0 radical (unpaired) electrons. The molecule has 1 aromatic heterocycles. The molecule has 0 unspecified atom stereocenters. The number of rotatable bonds is 6. The Bertz CT molecular complexity index is 551. The Balaban J connectivity index is 2.64. The van der Waals surface area contributed by atoms with Crippen LogP contribution in [-0.4, -0.2) is 33.6 Å². The minimum atomic E-state index is -3.80. The molecule has 0 spiro atoms. The van der Waals surface area contributed by atoms with Crippen LogP contribution in [0.5, 0.6) is 0 Å². The minimum Gasteiger partial charge on any atom is -0.377 e. The quantitative estimate of drug-likeness (QED) is 0.642. The van der Waals surface area contributed by atoms with Crippen molar-refractivity contribution in [3.05, 3.63) is 15.8 Å². The lowest BCUT2D eigenvalue weighted by atomic mass is 10.4. The molecule has 19 heavy (non-hydrogen) atoms. The van der Waals surface area contributed by atoms with E-state index in [4.69, 9.17) is 15.4 Å². The molecule has 0 fully saturated rings. The van der Waals surface area contributed by atoms with Gasteiger partial charge < -0.3 is 10.1 Å². The summed E-state index contributed by atoms with van der Waals surface area (Å²) in [4.78, 5) is 12.6. The summed E-state index contributed by atoms with van der Waals surface area (Å²) in [5, 5.41) is 2.65. The van der Waals surface area contributed by atoms with Gasteiger partial charge in [-0.3, -0.25) is 4.79 Å². The second-order valence-corrected chi connectivity index (χ2v) is 7.94. The van der Waals surface area contributed by atoms with Gasteiger partial charge in [0.2, 0.25) is 0 Å². The first-order chi connectivity index (χ1) is 8.71. The standard InChI is InChI=1S/C11H16ClNO4S2/c1-7(2)17-5-4-13-11(14)9-6-10(8(3)18-9)19(12,15)16/h6-7H,4-5H2,1-3H3,(H,13,14). The average molecular weight is 326 g/mol. The number of ether oxygens (including phenoxy) is 1. The van der Waals surface area contributed by atoms with E-state index in [-0.39, 0.29) is 16.9 Å². The first-order valence-electron chi connectivity index (χ1n) is 5.66. The Labute approximate surface area is 121 Å². The van der Waals surface area contributed by atoms with Crippen molar-refractivity contribution in [2.75, 3.05) is 13.2 Å². The number of thiophene rings is 1. The lowest BCUT2D eigenvalue weighted by Crippen LogP contribution is -2.27. The lowest BCUT2D eigenvalue weighted by Gasteiger charge is -2.07. The Morgan fingerprint density at radius 3 is 2.63 bits per heavy atom. The van der Waals surface area contributed by atoms with Gasteiger partial charge in [0.25, 0.3) is 15.0 Å². The molecular weight excluding hydrogens is 310 g/mol. The third-order valence-electron chi connectivity index (χ3n) is 2.20. The Hall–Kier alpha value is -0.630. The molecule has 0 saturated heterocycles. The maximum atomic E-state index is 11.8. The molecule has 0 aliphatic carbocycles. The van der Waals surface area contributed by atoms with Crippen molar-refractivity contribution in [2.45, 2.75) is 31.8 Å². The van der Waals surface area contributed by atoms with Gasteiger partial charge in [-0.1, -0.05) is 0 Å². The Kier molecular flexibility index (Phi) is 5.79. The monoisotopic (exact) mass is 325 g/mol. The summed E-state index contributed by atoms with van der Waals surface area (Å²) in [6.45, 7) is 6.20. The number of carbonyl (C=O) groups is 1. The molecule has 5 nitrogen and oxygen atoms in total. The van der Waals surface area contributed by atoms with Crippen LogP contribution in [0, 0.1) is 6.92 Å². The third kappa shape index (κ3) is 5.10. The number of amides is 1. The van der Waals surface area contributed by atoms with E-state index in [0.29, 0.717) is 22.9 Å². The average Bonchev–Trinajstić information content (AvgIpc) is 2.66. The highest BCUT2D eigenvalue weighted by Gasteiger charge is 2.20. The van der Waals surface area contributed by atoms with Gasteiger partial charge in [0.1, 0.15) is 0 Å². The molecule has 1 aromatic rings. The molecule has 0 aromatic carbocycles. The van der Waals surface area contributed by atoms with Crippen LogP contribution < -0.4 is 5.32 Å².